The molecule has 0 aromatic heterocycles. The molecule has 0 bridgehead atoms. The van der Waals surface area contributed by atoms with Crippen molar-refractivity contribution in [3.63, 3.8) is 0 Å². The summed E-state index contributed by atoms with van der Waals surface area (Å²) in [6.45, 7) is 5.87. The molecule has 0 aliphatic rings. The van der Waals surface area contributed by atoms with Gasteiger partial charge in [-0.3, -0.25) is 4.79 Å². The van der Waals surface area contributed by atoms with E-state index in [2.05, 4.69) is 17.4 Å². The number of thioether (sulfide) groups is 1. The lowest BCUT2D eigenvalue weighted by Gasteiger charge is -2.22. The first-order valence-corrected chi connectivity index (χ1v) is 9.31. The second-order valence-electron chi connectivity index (χ2n) is 6.58. The first-order valence-electron chi connectivity index (χ1n) is 8.32. The molecule has 0 saturated carbocycles. The number of nitrogens with two attached hydrogens (primary N) is 1. The maximum Gasteiger partial charge on any atom is 0.230 e. The number of carbonyl (C=O) groups excluding carboxylic acids is 1. The van der Waals surface area contributed by atoms with Crippen LogP contribution in [0.2, 0.25) is 0 Å². The van der Waals surface area contributed by atoms with Crippen molar-refractivity contribution in [2.75, 3.05) is 18.2 Å². The van der Waals surface area contributed by atoms with Gasteiger partial charge in [-0.15, -0.1) is 11.8 Å². The molecule has 0 heterocycles. The Bertz CT molecular complexity index is 727. The lowest BCUT2D eigenvalue weighted by molar-refractivity contribution is -0.124. The topological polar surface area (TPSA) is 64.3 Å². The van der Waals surface area contributed by atoms with Gasteiger partial charge in [0, 0.05) is 16.1 Å². The van der Waals surface area contributed by atoms with Gasteiger partial charge in [0.25, 0.3) is 0 Å². The molecule has 134 valence electrons. The fraction of sp³-hybridized carbons (Fsp3) is 0.350. The van der Waals surface area contributed by atoms with Gasteiger partial charge in [-0.25, -0.2) is 0 Å². The van der Waals surface area contributed by atoms with E-state index in [9.17, 15) is 4.79 Å². The molecule has 4 nitrogen and oxygen atoms in total. The minimum atomic E-state index is -0.418. The summed E-state index contributed by atoms with van der Waals surface area (Å²) in [6.07, 6.45) is 0.769. The average molecular weight is 359 g/mol. The molecular weight excluding hydrogens is 332 g/mol. The molecule has 1 amide bonds. The molecule has 0 aliphatic heterocycles. The summed E-state index contributed by atoms with van der Waals surface area (Å²) in [5.74, 6) is 1.67. The van der Waals surface area contributed by atoms with Crippen molar-refractivity contribution in [2.45, 2.75) is 37.8 Å². The number of anilines is 2. The normalized spacial score (nSPS) is 11.2. The third-order valence-corrected chi connectivity index (χ3v) is 5.40. The zero-order valence-corrected chi connectivity index (χ0v) is 16.1. The lowest BCUT2D eigenvalue weighted by Crippen LogP contribution is -2.30. The van der Waals surface area contributed by atoms with Crippen LogP contribution in [0.15, 0.2) is 47.4 Å². The number of hydrogen-bond donors (Lipinski definition) is 2. The van der Waals surface area contributed by atoms with Crippen LogP contribution in [0.25, 0.3) is 0 Å². The monoisotopic (exact) mass is 358 g/mol. The summed E-state index contributed by atoms with van der Waals surface area (Å²) < 4.78 is 5.17. The van der Waals surface area contributed by atoms with Crippen molar-refractivity contribution in [3.05, 3.63) is 48.0 Å². The molecule has 0 radical (unpaired) electrons. The molecule has 2 rings (SSSR count). The number of amides is 1. The number of methoxy groups -OCH3 is 1. The summed E-state index contributed by atoms with van der Waals surface area (Å²) in [6, 6.07) is 13.8. The highest BCUT2D eigenvalue weighted by Crippen LogP contribution is 2.31. The van der Waals surface area contributed by atoms with Crippen LogP contribution < -0.4 is 15.8 Å². The predicted octanol–water partition coefficient (Wildman–Crippen LogP) is 4.94. The molecule has 2 aromatic carbocycles. The zero-order chi connectivity index (χ0) is 18.4. The van der Waals surface area contributed by atoms with Crippen LogP contribution in [0.4, 0.5) is 11.4 Å². The van der Waals surface area contributed by atoms with E-state index in [4.69, 9.17) is 10.5 Å². The molecule has 0 saturated heterocycles. The van der Waals surface area contributed by atoms with Gasteiger partial charge in [0.05, 0.1) is 18.5 Å². The molecule has 0 fully saturated rings. The van der Waals surface area contributed by atoms with Gasteiger partial charge in [0.1, 0.15) is 5.75 Å². The summed E-state index contributed by atoms with van der Waals surface area (Å²) in [5.41, 5.74) is 8.06. The second-order valence-corrected chi connectivity index (χ2v) is 7.63. The Labute approximate surface area is 154 Å². The van der Waals surface area contributed by atoms with E-state index >= 15 is 0 Å². The first kappa shape index (κ1) is 19.2. The Hall–Kier alpha value is -2.14. The molecule has 2 aromatic rings. The van der Waals surface area contributed by atoms with Crippen LogP contribution in [0.5, 0.6) is 5.75 Å². The van der Waals surface area contributed by atoms with Gasteiger partial charge in [0.15, 0.2) is 0 Å². The molecule has 0 atom stereocenters. The highest BCUT2D eigenvalue weighted by Gasteiger charge is 2.25. The Morgan fingerprint density at radius 1 is 1.20 bits per heavy atom. The van der Waals surface area contributed by atoms with Crippen molar-refractivity contribution >= 4 is 29.0 Å². The smallest absolute Gasteiger partial charge is 0.230 e. The van der Waals surface area contributed by atoms with Crippen LogP contribution in [0, 0.1) is 5.41 Å². The summed E-state index contributed by atoms with van der Waals surface area (Å²) in [5, 5.41) is 2.96. The Morgan fingerprint density at radius 2 is 1.88 bits per heavy atom. The van der Waals surface area contributed by atoms with Crippen LogP contribution in [0.3, 0.4) is 0 Å². The van der Waals surface area contributed by atoms with Gasteiger partial charge in [-0.2, -0.15) is 0 Å². The first-order chi connectivity index (χ1) is 11.9. The number of hydrogen-bond acceptors (Lipinski definition) is 4. The SMILES string of the molecule is CCC(C)(C)C(=O)Nc1cc(SCc2ccc(OC)cc2)ccc1N. The fourth-order valence-corrected chi connectivity index (χ4v) is 2.97. The number of ether oxygens (including phenoxy) is 1. The number of nitrogens with one attached hydrogen (secondary N) is 1. The van der Waals surface area contributed by atoms with E-state index in [0.29, 0.717) is 11.4 Å². The van der Waals surface area contributed by atoms with Crippen molar-refractivity contribution in [3.8, 4) is 5.75 Å². The van der Waals surface area contributed by atoms with Gasteiger partial charge >= 0.3 is 0 Å². The number of nitrogen functional groups attached to an aromatic ring is 1. The van der Waals surface area contributed by atoms with Crippen molar-refractivity contribution in [1.29, 1.82) is 0 Å². The Kier molecular flexibility index (Phi) is 6.37. The second kappa shape index (κ2) is 8.30. The van der Waals surface area contributed by atoms with E-state index in [1.54, 1.807) is 18.9 Å². The van der Waals surface area contributed by atoms with Crippen molar-refractivity contribution < 1.29 is 9.53 Å². The van der Waals surface area contributed by atoms with Gasteiger partial charge in [-0.05, 0) is 42.3 Å². The van der Waals surface area contributed by atoms with Crippen LogP contribution in [-0.4, -0.2) is 13.0 Å². The van der Waals surface area contributed by atoms with Gasteiger partial charge in [0.2, 0.25) is 5.91 Å². The van der Waals surface area contributed by atoms with Crippen LogP contribution in [0.1, 0.15) is 32.8 Å². The number of carbonyl (C=O) groups is 1. The highest BCUT2D eigenvalue weighted by atomic mass is 32.2. The van der Waals surface area contributed by atoms with E-state index in [-0.39, 0.29) is 5.91 Å². The highest BCUT2D eigenvalue weighted by molar-refractivity contribution is 7.98. The Morgan fingerprint density at radius 3 is 2.48 bits per heavy atom. The van der Waals surface area contributed by atoms with E-state index < -0.39 is 5.41 Å². The maximum atomic E-state index is 12.4. The summed E-state index contributed by atoms with van der Waals surface area (Å²) in [4.78, 5) is 13.4. The van der Waals surface area contributed by atoms with Crippen LogP contribution >= 0.6 is 11.8 Å². The third-order valence-electron chi connectivity index (χ3n) is 4.34. The molecule has 5 heteroatoms. The van der Waals surface area contributed by atoms with Crippen molar-refractivity contribution in [1.82, 2.24) is 0 Å². The molecule has 3 N–H and O–H groups in total. The fourth-order valence-electron chi connectivity index (χ4n) is 2.07. The van der Waals surface area contributed by atoms with Crippen LogP contribution in [-0.2, 0) is 10.5 Å². The standard InChI is InChI=1S/C20H26N2O2S/c1-5-20(2,3)19(23)22-18-12-16(10-11-17(18)21)25-13-14-6-8-15(24-4)9-7-14/h6-12H,5,13,21H2,1-4H3,(H,22,23). The zero-order valence-electron chi connectivity index (χ0n) is 15.3. The summed E-state index contributed by atoms with van der Waals surface area (Å²) in [7, 11) is 1.66. The molecule has 25 heavy (non-hydrogen) atoms. The predicted molar refractivity (Wildman–Crippen MR) is 106 cm³/mol. The van der Waals surface area contributed by atoms with E-state index in [1.807, 2.05) is 51.1 Å². The lowest BCUT2D eigenvalue weighted by atomic mass is 9.89. The number of benzene rings is 2. The van der Waals surface area contributed by atoms with Gasteiger partial charge < -0.3 is 15.8 Å². The van der Waals surface area contributed by atoms with E-state index in [1.165, 1.54) is 5.56 Å². The minimum absolute atomic E-state index is 0.0148. The largest absolute Gasteiger partial charge is 0.497 e. The minimum Gasteiger partial charge on any atom is -0.497 e. The molecule has 0 spiro atoms. The maximum absolute atomic E-state index is 12.4. The molecule has 0 unspecified atom stereocenters. The van der Waals surface area contributed by atoms with Crippen molar-refractivity contribution in [2.24, 2.45) is 5.41 Å². The van der Waals surface area contributed by atoms with E-state index in [0.717, 1.165) is 22.8 Å². The molecular formula is C20H26N2O2S. The average Bonchev–Trinajstić information content (AvgIpc) is 2.62. The quantitative estimate of drug-likeness (QED) is 0.543. The van der Waals surface area contributed by atoms with Gasteiger partial charge in [-0.1, -0.05) is 32.9 Å². The Balaban J connectivity index is 2.06. The summed E-state index contributed by atoms with van der Waals surface area (Å²) >= 11 is 1.70. The number of rotatable bonds is 7. The third kappa shape index (κ3) is 5.16. The molecule has 0 aliphatic carbocycles.